The lowest BCUT2D eigenvalue weighted by Crippen LogP contribution is -2.12. The number of benzene rings is 2. The molecule has 5 nitrogen and oxygen atoms in total. The molecule has 0 saturated heterocycles. The highest BCUT2D eigenvalue weighted by molar-refractivity contribution is 7.98. The molecule has 0 aromatic heterocycles. The van der Waals surface area contributed by atoms with E-state index in [9.17, 15) is 9.59 Å². The molecule has 2 aromatic rings. The molecule has 0 radical (unpaired) electrons. The molecule has 0 atom stereocenters. The van der Waals surface area contributed by atoms with E-state index in [0.717, 1.165) is 28.3 Å². The number of aryl methyl sites for hydroxylation is 1. The zero-order chi connectivity index (χ0) is 18.8. The third-order valence-electron chi connectivity index (χ3n) is 3.74. The van der Waals surface area contributed by atoms with Crippen LogP contribution in [0.1, 0.15) is 24.0 Å². The molecule has 2 N–H and O–H groups in total. The van der Waals surface area contributed by atoms with Crippen molar-refractivity contribution in [3.05, 3.63) is 59.7 Å². The number of methoxy groups -OCH3 is 1. The Hall–Kier alpha value is -2.47. The third-order valence-corrected chi connectivity index (χ3v) is 4.77. The standard InChI is InChI=1S/C20H23NO4S/c1-25-18-8-5-15(6-9-18)7-10-19(22)21-17-4-2-3-16(13-17)14-26-12-11-20(23)24/h2-6,8-9,13H,7,10-12,14H2,1H3,(H,21,22)(H,23,24). The molecule has 0 fully saturated rings. The Morgan fingerprint density at radius 2 is 1.85 bits per heavy atom. The lowest BCUT2D eigenvalue weighted by atomic mass is 10.1. The first-order valence-corrected chi connectivity index (χ1v) is 9.53. The molecule has 0 aliphatic carbocycles. The predicted octanol–water partition coefficient (Wildman–Crippen LogP) is 3.97. The van der Waals surface area contributed by atoms with Crippen LogP contribution in [0.4, 0.5) is 5.69 Å². The topological polar surface area (TPSA) is 75.6 Å². The van der Waals surface area contributed by atoms with Crippen LogP contribution in [-0.2, 0) is 21.8 Å². The van der Waals surface area contributed by atoms with E-state index in [1.54, 1.807) is 18.9 Å². The van der Waals surface area contributed by atoms with Crippen LogP contribution in [-0.4, -0.2) is 29.8 Å². The molecule has 0 heterocycles. The summed E-state index contributed by atoms with van der Waals surface area (Å²) < 4.78 is 5.12. The number of nitrogens with one attached hydrogen (secondary N) is 1. The van der Waals surface area contributed by atoms with E-state index in [2.05, 4.69) is 5.32 Å². The van der Waals surface area contributed by atoms with Crippen molar-refractivity contribution in [3.63, 3.8) is 0 Å². The normalized spacial score (nSPS) is 10.3. The Morgan fingerprint density at radius 1 is 1.08 bits per heavy atom. The summed E-state index contributed by atoms with van der Waals surface area (Å²) in [5, 5.41) is 11.6. The average Bonchev–Trinajstić information content (AvgIpc) is 2.64. The van der Waals surface area contributed by atoms with Crippen molar-refractivity contribution in [1.29, 1.82) is 0 Å². The molecule has 0 bridgehead atoms. The van der Waals surface area contributed by atoms with E-state index >= 15 is 0 Å². The van der Waals surface area contributed by atoms with Crippen LogP contribution >= 0.6 is 11.8 Å². The van der Waals surface area contributed by atoms with Crippen LogP contribution < -0.4 is 10.1 Å². The van der Waals surface area contributed by atoms with Gasteiger partial charge < -0.3 is 15.2 Å². The third kappa shape index (κ3) is 7.19. The number of ether oxygens (including phenoxy) is 1. The summed E-state index contributed by atoms with van der Waals surface area (Å²) in [6.45, 7) is 0. The second kappa shape index (κ2) is 10.5. The number of carbonyl (C=O) groups excluding carboxylic acids is 1. The van der Waals surface area contributed by atoms with Gasteiger partial charge in [0.05, 0.1) is 13.5 Å². The molecule has 6 heteroatoms. The van der Waals surface area contributed by atoms with Gasteiger partial charge >= 0.3 is 5.97 Å². The maximum atomic E-state index is 12.1. The van der Waals surface area contributed by atoms with Crippen molar-refractivity contribution in [1.82, 2.24) is 0 Å². The number of carboxylic acids is 1. The Bertz CT molecular complexity index is 731. The number of anilines is 1. The highest BCUT2D eigenvalue weighted by atomic mass is 32.2. The molecule has 0 aliphatic heterocycles. The summed E-state index contributed by atoms with van der Waals surface area (Å²) in [4.78, 5) is 22.7. The second-order valence-electron chi connectivity index (χ2n) is 5.79. The summed E-state index contributed by atoms with van der Waals surface area (Å²) in [7, 11) is 1.63. The van der Waals surface area contributed by atoms with Crippen LogP contribution in [0.25, 0.3) is 0 Å². The van der Waals surface area contributed by atoms with Crippen molar-refractivity contribution in [2.45, 2.75) is 25.0 Å². The Kier molecular flexibility index (Phi) is 8.02. The maximum Gasteiger partial charge on any atom is 0.304 e. The lowest BCUT2D eigenvalue weighted by Gasteiger charge is -2.08. The zero-order valence-electron chi connectivity index (χ0n) is 14.7. The molecule has 138 valence electrons. The van der Waals surface area contributed by atoms with Gasteiger partial charge in [-0.05, 0) is 41.8 Å². The van der Waals surface area contributed by atoms with Gasteiger partial charge in [-0.3, -0.25) is 9.59 Å². The molecule has 26 heavy (non-hydrogen) atoms. The average molecular weight is 373 g/mol. The summed E-state index contributed by atoms with van der Waals surface area (Å²) in [6, 6.07) is 15.3. The van der Waals surface area contributed by atoms with E-state index in [0.29, 0.717) is 18.6 Å². The zero-order valence-corrected chi connectivity index (χ0v) is 15.6. The number of rotatable bonds is 10. The number of carbonyl (C=O) groups is 2. The summed E-state index contributed by atoms with van der Waals surface area (Å²) in [6.07, 6.45) is 1.23. The SMILES string of the molecule is COc1ccc(CCC(=O)Nc2cccc(CSCCC(=O)O)c2)cc1. The number of aliphatic carboxylic acids is 1. The van der Waals surface area contributed by atoms with Crippen molar-refractivity contribution in [2.75, 3.05) is 18.2 Å². The van der Waals surface area contributed by atoms with Crippen molar-refractivity contribution in [3.8, 4) is 5.75 Å². The largest absolute Gasteiger partial charge is 0.497 e. The quantitative estimate of drug-likeness (QED) is 0.616. The molecule has 0 aliphatic rings. The minimum Gasteiger partial charge on any atom is -0.497 e. The van der Waals surface area contributed by atoms with E-state index < -0.39 is 5.97 Å². The molecule has 0 spiro atoms. The number of hydrogen-bond donors (Lipinski definition) is 2. The number of amides is 1. The summed E-state index contributed by atoms with van der Waals surface area (Å²) >= 11 is 1.57. The lowest BCUT2D eigenvalue weighted by molar-refractivity contribution is -0.136. The van der Waals surface area contributed by atoms with Crippen molar-refractivity contribution < 1.29 is 19.4 Å². The molecule has 0 unspecified atom stereocenters. The number of carboxylic acid groups (broad SMARTS) is 1. The number of thioether (sulfide) groups is 1. The molecular weight excluding hydrogens is 350 g/mol. The van der Waals surface area contributed by atoms with E-state index in [1.807, 2.05) is 48.5 Å². The van der Waals surface area contributed by atoms with Crippen LogP contribution in [0.15, 0.2) is 48.5 Å². The van der Waals surface area contributed by atoms with Gasteiger partial charge in [0.1, 0.15) is 5.75 Å². The van der Waals surface area contributed by atoms with E-state index in [4.69, 9.17) is 9.84 Å². The molecule has 0 saturated carbocycles. The maximum absolute atomic E-state index is 12.1. The van der Waals surface area contributed by atoms with Crippen LogP contribution in [0.5, 0.6) is 5.75 Å². The van der Waals surface area contributed by atoms with Gasteiger partial charge in [-0.25, -0.2) is 0 Å². The minimum atomic E-state index is -0.782. The molecule has 2 aromatic carbocycles. The monoisotopic (exact) mass is 373 g/mol. The first-order valence-electron chi connectivity index (χ1n) is 8.38. The molecule has 1 amide bonds. The first kappa shape index (κ1) is 19.8. The minimum absolute atomic E-state index is 0.0310. The second-order valence-corrected chi connectivity index (χ2v) is 6.90. The molecule has 2 rings (SSSR count). The van der Waals surface area contributed by atoms with Gasteiger partial charge in [0.2, 0.25) is 5.91 Å². The van der Waals surface area contributed by atoms with Gasteiger partial charge in [-0.15, -0.1) is 0 Å². The fraction of sp³-hybridized carbons (Fsp3) is 0.300. The fourth-order valence-corrected chi connectivity index (χ4v) is 3.24. The van der Waals surface area contributed by atoms with E-state index in [-0.39, 0.29) is 12.3 Å². The Morgan fingerprint density at radius 3 is 2.54 bits per heavy atom. The first-order chi connectivity index (χ1) is 12.6. The van der Waals surface area contributed by atoms with Crippen molar-refractivity contribution >= 4 is 29.3 Å². The molecular formula is C20H23NO4S. The van der Waals surface area contributed by atoms with Gasteiger partial charge in [0.15, 0.2) is 0 Å². The van der Waals surface area contributed by atoms with Crippen LogP contribution in [0.2, 0.25) is 0 Å². The van der Waals surface area contributed by atoms with Crippen molar-refractivity contribution in [2.24, 2.45) is 0 Å². The van der Waals surface area contributed by atoms with Gasteiger partial charge in [0, 0.05) is 23.6 Å². The van der Waals surface area contributed by atoms with Gasteiger partial charge in [-0.1, -0.05) is 24.3 Å². The smallest absolute Gasteiger partial charge is 0.304 e. The summed E-state index contributed by atoms with van der Waals surface area (Å²) in [5.74, 6) is 1.29. The highest BCUT2D eigenvalue weighted by Crippen LogP contribution is 2.18. The highest BCUT2D eigenvalue weighted by Gasteiger charge is 2.05. The number of hydrogen-bond acceptors (Lipinski definition) is 4. The van der Waals surface area contributed by atoms with Gasteiger partial charge in [0.25, 0.3) is 0 Å². The summed E-state index contributed by atoms with van der Waals surface area (Å²) in [5.41, 5.74) is 2.92. The van der Waals surface area contributed by atoms with Crippen LogP contribution in [0, 0.1) is 0 Å². The predicted molar refractivity (Wildman–Crippen MR) is 105 cm³/mol. The Labute approximate surface area is 157 Å². The van der Waals surface area contributed by atoms with Crippen LogP contribution in [0.3, 0.4) is 0 Å². The van der Waals surface area contributed by atoms with Gasteiger partial charge in [-0.2, -0.15) is 11.8 Å². The van der Waals surface area contributed by atoms with E-state index in [1.165, 1.54) is 0 Å². The Balaban J connectivity index is 1.78. The fourth-order valence-electron chi connectivity index (χ4n) is 2.36.